The van der Waals surface area contributed by atoms with Gasteiger partial charge in [0.1, 0.15) is 11.6 Å². The first-order chi connectivity index (χ1) is 16.5. The van der Waals surface area contributed by atoms with Crippen LogP contribution in [0.5, 0.6) is 23.0 Å². The topological polar surface area (TPSA) is 54.7 Å². The predicted molar refractivity (Wildman–Crippen MR) is 135 cm³/mol. The molecule has 0 atom stereocenters. The first-order valence-electron chi connectivity index (χ1n) is 11.5. The van der Waals surface area contributed by atoms with Crippen LogP contribution in [0.1, 0.15) is 31.7 Å². The average molecular weight is 461 g/mol. The highest BCUT2D eigenvalue weighted by Crippen LogP contribution is 2.41. The number of aromatic nitrogens is 2. The second-order valence-electron chi connectivity index (χ2n) is 8.42. The molecule has 0 unspecified atom stereocenters. The van der Waals surface area contributed by atoms with E-state index in [1.807, 2.05) is 42.5 Å². The standard InChI is InChI=1S/C28H32N2O4/c1-19(2)20-11-13-22(14-12-20)34-16-8-15-30-24-10-7-6-9-23(24)29-28(30)21-17-25(31-3)27(33-5)26(18-21)32-4/h6-7,9-14,17-19H,8,15-16H2,1-5H3. The average Bonchev–Trinajstić information content (AvgIpc) is 3.24. The molecule has 1 aromatic heterocycles. The number of methoxy groups -OCH3 is 3. The second kappa shape index (κ2) is 10.5. The Balaban J connectivity index is 1.59. The Morgan fingerprint density at radius 1 is 0.853 bits per heavy atom. The third-order valence-corrected chi connectivity index (χ3v) is 5.92. The van der Waals surface area contributed by atoms with Crippen molar-refractivity contribution in [2.45, 2.75) is 32.7 Å². The van der Waals surface area contributed by atoms with Gasteiger partial charge in [0.25, 0.3) is 0 Å². The van der Waals surface area contributed by atoms with Crippen molar-refractivity contribution in [3.63, 3.8) is 0 Å². The number of fused-ring (bicyclic) bond motifs is 1. The predicted octanol–water partition coefficient (Wildman–Crippen LogP) is 6.32. The smallest absolute Gasteiger partial charge is 0.203 e. The van der Waals surface area contributed by atoms with Gasteiger partial charge in [-0.05, 0) is 54.3 Å². The lowest BCUT2D eigenvalue weighted by molar-refractivity contribution is 0.302. The van der Waals surface area contributed by atoms with E-state index in [-0.39, 0.29) is 0 Å². The zero-order valence-electron chi connectivity index (χ0n) is 20.5. The highest BCUT2D eigenvalue weighted by Gasteiger charge is 2.18. The maximum Gasteiger partial charge on any atom is 0.203 e. The van der Waals surface area contributed by atoms with Gasteiger partial charge in [-0.25, -0.2) is 4.98 Å². The van der Waals surface area contributed by atoms with Crippen molar-refractivity contribution in [2.75, 3.05) is 27.9 Å². The monoisotopic (exact) mass is 460 g/mol. The summed E-state index contributed by atoms with van der Waals surface area (Å²) in [7, 11) is 4.84. The van der Waals surface area contributed by atoms with Crippen molar-refractivity contribution in [3.05, 3.63) is 66.2 Å². The number of imidazole rings is 1. The van der Waals surface area contributed by atoms with Gasteiger partial charge in [0.05, 0.1) is 39.0 Å². The summed E-state index contributed by atoms with van der Waals surface area (Å²) in [6.45, 7) is 5.76. The molecule has 178 valence electrons. The van der Waals surface area contributed by atoms with E-state index in [0.717, 1.165) is 41.1 Å². The fourth-order valence-corrected chi connectivity index (χ4v) is 4.09. The minimum Gasteiger partial charge on any atom is -0.494 e. The largest absolute Gasteiger partial charge is 0.494 e. The van der Waals surface area contributed by atoms with Crippen molar-refractivity contribution in [1.29, 1.82) is 0 Å². The number of hydrogen-bond acceptors (Lipinski definition) is 5. The summed E-state index contributed by atoms with van der Waals surface area (Å²) in [4.78, 5) is 4.92. The molecule has 1 heterocycles. The van der Waals surface area contributed by atoms with Crippen molar-refractivity contribution < 1.29 is 18.9 Å². The lowest BCUT2D eigenvalue weighted by atomic mass is 10.0. The summed E-state index contributed by atoms with van der Waals surface area (Å²) >= 11 is 0. The van der Waals surface area contributed by atoms with Crippen molar-refractivity contribution in [2.24, 2.45) is 0 Å². The van der Waals surface area contributed by atoms with Gasteiger partial charge in [0, 0.05) is 12.1 Å². The molecule has 0 aliphatic carbocycles. The molecule has 3 aromatic carbocycles. The Labute approximate surface area is 201 Å². The molecule has 0 bridgehead atoms. The van der Waals surface area contributed by atoms with Crippen LogP contribution in [0.15, 0.2) is 60.7 Å². The van der Waals surface area contributed by atoms with Gasteiger partial charge >= 0.3 is 0 Å². The van der Waals surface area contributed by atoms with Crippen molar-refractivity contribution in [1.82, 2.24) is 9.55 Å². The van der Waals surface area contributed by atoms with E-state index in [0.29, 0.717) is 29.8 Å². The molecule has 4 aromatic rings. The maximum atomic E-state index is 6.01. The Morgan fingerprint density at radius 2 is 1.53 bits per heavy atom. The van der Waals surface area contributed by atoms with Crippen LogP contribution >= 0.6 is 0 Å². The van der Waals surface area contributed by atoms with Crippen molar-refractivity contribution >= 4 is 11.0 Å². The minimum atomic E-state index is 0.511. The van der Waals surface area contributed by atoms with Crippen LogP contribution in [0, 0.1) is 0 Å². The summed E-state index contributed by atoms with van der Waals surface area (Å²) in [5, 5.41) is 0. The molecule has 0 N–H and O–H groups in total. The first kappa shape index (κ1) is 23.5. The minimum absolute atomic E-state index is 0.511. The van der Waals surface area contributed by atoms with Crippen LogP contribution < -0.4 is 18.9 Å². The molecule has 0 saturated carbocycles. The van der Waals surface area contributed by atoms with Gasteiger partial charge < -0.3 is 23.5 Å². The number of benzene rings is 3. The number of para-hydroxylation sites is 2. The Hall–Kier alpha value is -3.67. The highest BCUT2D eigenvalue weighted by molar-refractivity contribution is 5.81. The van der Waals surface area contributed by atoms with Crippen LogP contribution in [0.4, 0.5) is 0 Å². The lowest BCUT2D eigenvalue weighted by Crippen LogP contribution is -2.06. The molecule has 34 heavy (non-hydrogen) atoms. The fraction of sp³-hybridized carbons (Fsp3) is 0.321. The number of nitrogens with zero attached hydrogens (tertiary/aromatic N) is 2. The first-order valence-corrected chi connectivity index (χ1v) is 11.5. The van der Waals surface area contributed by atoms with Gasteiger partial charge in [-0.1, -0.05) is 38.1 Å². The molecule has 4 rings (SSSR count). The normalized spacial score (nSPS) is 11.1. The SMILES string of the molecule is COc1cc(-c2nc3ccccc3n2CCCOc2ccc(C(C)C)cc2)cc(OC)c1OC. The molecule has 0 radical (unpaired) electrons. The molecule has 0 aliphatic rings. The molecule has 6 heteroatoms. The lowest BCUT2D eigenvalue weighted by Gasteiger charge is -2.15. The van der Waals surface area contributed by atoms with Gasteiger partial charge in [0.2, 0.25) is 5.75 Å². The van der Waals surface area contributed by atoms with Crippen molar-refractivity contribution in [3.8, 4) is 34.4 Å². The third kappa shape index (κ3) is 4.81. The molecular formula is C28H32N2O4. The number of ether oxygens (including phenoxy) is 4. The molecular weight excluding hydrogens is 428 g/mol. The van der Waals surface area contributed by atoms with E-state index in [4.69, 9.17) is 23.9 Å². The van der Waals surface area contributed by atoms with Gasteiger partial charge in [-0.2, -0.15) is 0 Å². The van der Waals surface area contributed by atoms with Crippen LogP contribution in [0.3, 0.4) is 0 Å². The van der Waals surface area contributed by atoms with E-state index in [9.17, 15) is 0 Å². The zero-order valence-corrected chi connectivity index (χ0v) is 20.5. The quantitative estimate of drug-likeness (QED) is 0.259. The second-order valence-corrected chi connectivity index (χ2v) is 8.42. The number of rotatable bonds is 10. The van der Waals surface area contributed by atoms with Gasteiger partial charge in [0.15, 0.2) is 11.5 Å². The van der Waals surface area contributed by atoms with Crippen LogP contribution in [0.25, 0.3) is 22.4 Å². The molecule has 0 fully saturated rings. The Bertz CT molecular complexity index is 1220. The molecule has 6 nitrogen and oxygen atoms in total. The van der Waals surface area contributed by atoms with E-state index < -0.39 is 0 Å². The number of hydrogen-bond donors (Lipinski definition) is 0. The molecule has 0 spiro atoms. The van der Waals surface area contributed by atoms with Crippen LogP contribution in [0.2, 0.25) is 0 Å². The van der Waals surface area contributed by atoms with E-state index in [2.05, 4.69) is 36.6 Å². The summed E-state index contributed by atoms with van der Waals surface area (Å²) in [6.07, 6.45) is 0.837. The molecule has 0 amide bonds. The summed E-state index contributed by atoms with van der Waals surface area (Å²) in [6, 6.07) is 20.4. The number of aryl methyl sites for hydroxylation is 1. The third-order valence-electron chi connectivity index (χ3n) is 5.92. The van der Waals surface area contributed by atoms with Crippen LogP contribution in [-0.2, 0) is 6.54 Å². The fourth-order valence-electron chi connectivity index (χ4n) is 4.09. The summed E-state index contributed by atoms with van der Waals surface area (Å²) in [5.74, 6) is 4.02. The van der Waals surface area contributed by atoms with E-state index in [1.54, 1.807) is 21.3 Å². The van der Waals surface area contributed by atoms with E-state index >= 15 is 0 Å². The summed E-state index contributed by atoms with van der Waals surface area (Å²) < 4.78 is 24.8. The van der Waals surface area contributed by atoms with Gasteiger partial charge in [-0.15, -0.1) is 0 Å². The molecule has 0 saturated heterocycles. The Morgan fingerprint density at radius 3 is 2.15 bits per heavy atom. The summed E-state index contributed by atoms with van der Waals surface area (Å²) in [5.41, 5.74) is 4.23. The molecule has 0 aliphatic heterocycles. The maximum absolute atomic E-state index is 6.01. The highest BCUT2D eigenvalue weighted by atomic mass is 16.5. The van der Waals surface area contributed by atoms with Crippen LogP contribution in [-0.4, -0.2) is 37.5 Å². The van der Waals surface area contributed by atoms with Gasteiger partial charge in [-0.3, -0.25) is 0 Å². The zero-order chi connectivity index (χ0) is 24.1. The Kier molecular flexibility index (Phi) is 7.26. The van der Waals surface area contributed by atoms with E-state index in [1.165, 1.54) is 5.56 Å².